The Hall–Kier alpha value is -1.52. The SMILES string of the molecule is Cc1cc(-c2cnco2)c(Cl)c2c1NC(C)(C)[C@@H](O)[C@@H]2C. The molecule has 2 aromatic rings. The van der Waals surface area contributed by atoms with Gasteiger partial charge in [-0.05, 0) is 32.4 Å². The number of aromatic nitrogens is 1. The predicted octanol–water partition coefficient (Wildman–Crippen LogP) is 3.97. The standard InChI is InChI=1S/C16H19ClN2O2/c1-8-5-10(11-6-18-7-21-11)13(17)12-9(2)15(20)16(3,4)19-14(8)12/h5-7,9,15,19-20H,1-4H3/t9-,15+/m1/s1. The van der Waals surface area contributed by atoms with Crippen LogP contribution in [0.2, 0.25) is 5.02 Å². The molecule has 21 heavy (non-hydrogen) atoms. The minimum absolute atomic E-state index is 0.0645. The van der Waals surface area contributed by atoms with Crippen molar-refractivity contribution in [3.05, 3.63) is 34.8 Å². The molecule has 1 aromatic heterocycles. The monoisotopic (exact) mass is 306 g/mol. The van der Waals surface area contributed by atoms with Crippen LogP contribution in [0.3, 0.4) is 0 Å². The van der Waals surface area contributed by atoms with E-state index < -0.39 is 11.6 Å². The summed E-state index contributed by atoms with van der Waals surface area (Å²) in [7, 11) is 0. The molecule has 0 saturated heterocycles. The van der Waals surface area contributed by atoms with Gasteiger partial charge in [0.15, 0.2) is 12.2 Å². The first-order valence-electron chi connectivity index (χ1n) is 7.01. The summed E-state index contributed by atoms with van der Waals surface area (Å²) in [5.41, 5.74) is 3.44. The second kappa shape index (κ2) is 4.75. The second-order valence-electron chi connectivity index (χ2n) is 6.29. The highest BCUT2D eigenvalue weighted by Crippen LogP contribution is 2.47. The van der Waals surface area contributed by atoms with Crippen molar-refractivity contribution in [1.29, 1.82) is 0 Å². The van der Waals surface area contributed by atoms with Crippen molar-refractivity contribution < 1.29 is 9.52 Å². The van der Waals surface area contributed by atoms with E-state index in [1.54, 1.807) is 6.20 Å². The van der Waals surface area contributed by atoms with Crippen LogP contribution in [0.5, 0.6) is 0 Å². The fourth-order valence-electron chi connectivity index (χ4n) is 3.12. The van der Waals surface area contributed by atoms with Crippen LogP contribution in [-0.2, 0) is 0 Å². The zero-order chi connectivity index (χ0) is 15.4. The molecule has 3 rings (SSSR count). The number of fused-ring (bicyclic) bond motifs is 1. The van der Waals surface area contributed by atoms with Crippen molar-refractivity contribution in [1.82, 2.24) is 4.98 Å². The van der Waals surface area contributed by atoms with Crippen LogP contribution in [0.1, 0.15) is 37.8 Å². The van der Waals surface area contributed by atoms with Gasteiger partial charge in [-0.25, -0.2) is 4.98 Å². The molecule has 2 atom stereocenters. The van der Waals surface area contributed by atoms with Crippen LogP contribution < -0.4 is 5.32 Å². The minimum Gasteiger partial charge on any atom is -0.443 e. The third-order valence-electron chi connectivity index (χ3n) is 4.31. The van der Waals surface area contributed by atoms with Gasteiger partial charge in [0.05, 0.1) is 22.9 Å². The van der Waals surface area contributed by atoms with Gasteiger partial charge >= 0.3 is 0 Å². The van der Waals surface area contributed by atoms with Gasteiger partial charge in [-0.1, -0.05) is 18.5 Å². The van der Waals surface area contributed by atoms with E-state index in [-0.39, 0.29) is 5.92 Å². The van der Waals surface area contributed by atoms with Gasteiger partial charge in [0.25, 0.3) is 0 Å². The average Bonchev–Trinajstić information content (AvgIpc) is 2.93. The van der Waals surface area contributed by atoms with Crippen LogP contribution in [0.25, 0.3) is 11.3 Å². The first-order valence-corrected chi connectivity index (χ1v) is 7.39. The molecule has 4 nitrogen and oxygen atoms in total. The van der Waals surface area contributed by atoms with Gasteiger partial charge in [0, 0.05) is 22.7 Å². The summed E-state index contributed by atoms with van der Waals surface area (Å²) in [6.45, 7) is 8.02. The van der Waals surface area contributed by atoms with Crippen molar-refractivity contribution in [3.8, 4) is 11.3 Å². The molecule has 0 bridgehead atoms. The van der Waals surface area contributed by atoms with Crippen molar-refractivity contribution in [2.75, 3.05) is 5.32 Å². The molecule has 5 heteroatoms. The molecule has 0 aliphatic carbocycles. The number of aliphatic hydroxyl groups excluding tert-OH is 1. The molecule has 1 aliphatic rings. The molecule has 0 saturated carbocycles. The number of rotatable bonds is 1. The van der Waals surface area contributed by atoms with E-state index in [1.807, 2.05) is 33.8 Å². The zero-order valence-corrected chi connectivity index (χ0v) is 13.3. The summed E-state index contributed by atoms with van der Waals surface area (Å²) in [6.07, 6.45) is 2.51. The van der Waals surface area contributed by atoms with E-state index in [1.165, 1.54) is 6.39 Å². The lowest BCUT2D eigenvalue weighted by Gasteiger charge is -2.43. The molecule has 1 aliphatic heterocycles. The summed E-state index contributed by atoms with van der Waals surface area (Å²) in [5.74, 6) is 0.572. The van der Waals surface area contributed by atoms with Gasteiger partial charge in [0.1, 0.15) is 0 Å². The highest BCUT2D eigenvalue weighted by molar-refractivity contribution is 6.34. The number of aliphatic hydroxyl groups is 1. The third kappa shape index (κ3) is 2.14. The molecule has 0 radical (unpaired) electrons. The largest absolute Gasteiger partial charge is 0.443 e. The van der Waals surface area contributed by atoms with E-state index >= 15 is 0 Å². The number of aryl methyl sites for hydroxylation is 1. The molecular weight excluding hydrogens is 288 g/mol. The maximum absolute atomic E-state index is 10.5. The Kier molecular flexibility index (Phi) is 3.26. The van der Waals surface area contributed by atoms with Crippen molar-refractivity contribution in [3.63, 3.8) is 0 Å². The van der Waals surface area contributed by atoms with Gasteiger partial charge in [0.2, 0.25) is 0 Å². The summed E-state index contributed by atoms with van der Waals surface area (Å²) >= 11 is 6.60. The molecule has 0 spiro atoms. The number of hydrogen-bond donors (Lipinski definition) is 2. The number of anilines is 1. The van der Waals surface area contributed by atoms with Gasteiger partial charge in [-0.2, -0.15) is 0 Å². The van der Waals surface area contributed by atoms with Crippen LogP contribution in [-0.4, -0.2) is 21.7 Å². The Bertz CT molecular complexity index is 680. The van der Waals surface area contributed by atoms with Gasteiger partial charge < -0.3 is 14.8 Å². The summed E-state index contributed by atoms with van der Waals surface area (Å²) in [5, 5.41) is 14.6. The first-order chi connectivity index (χ1) is 9.83. The lowest BCUT2D eigenvalue weighted by molar-refractivity contribution is 0.0869. The second-order valence-corrected chi connectivity index (χ2v) is 6.67. The lowest BCUT2D eigenvalue weighted by atomic mass is 9.77. The third-order valence-corrected chi connectivity index (χ3v) is 4.72. The average molecular weight is 307 g/mol. The van der Waals surface area contributed by atoms with Crippen molar-refractivity contribution in [2.24, 2.45) is 0 Å². The molecule has 2 N–H and O–H groups in total. The Morgan fingerprint density at radius 2 is 2.14 bits per heavy atom. The number of oxazole rings is 1. The zero-order valence-electron chi connectivity index (χ0n) is 12.6. The normalized spacial score (nSPS) is 23.5. The van der Waals surface area contributed by atoms with Crippen LogP contribution in [0, 0.1) is 6.92 Å². The summed E-state index contributed by atoms with van der Waals surface area (Å²) < 4.78 is 5.37. The molecule has 0 amide bonds. The van der Waals surface area contributed by atoms with Gasteiger partial charge in [-0.3, -0.25) is 0 Å². The first kappa shape index (κ1) is 14.4. The van der Waals surface area contributed by atoms with Crippen LogP contribution in [0.4, 0.5) is 5.69 Å². The number of nitrogens with zero attached hydrogens (tertiary/aromatic N) is 1. The fourth-order valence-corrected chi connectivity index (χ4v) is 3.53. The van der Waals surface area contributed by atoms with Crippen molar-refractivity contribution in [2.45, 2.75) is 45.3 Å². The summed E-state index contributed by atoms with van der Waals surface area (Å²) in [6, 6.07) is 2.00. The summed E-state index contributed by atoms with van der Waals surface area (Å²) in [4.78, 5) is 3.95. The Morgan fingerprint density at radius 3 is 2.76 bits per heavy atom. The van der Waals surface area contributed by atoms with E-state index in [9.17, 15) is 5.11 Å². The molecule has 112 valence electrons. The quantitative estimate of drug-likeness (QED) is 0.837. The topological polar surface area (TPSA) is 58.3 Å². The van der Waals surface area contributed by atoms with Crippen LogP contribution >= 0.6 is 11.6 Å². The van der Waals surface area contributed by atoms with Gasteiger partial charge in [-0.15, -0.1) is 0 Å². The minimum atomic E-state index is -0.521. The predicted molar refractivity (Wildman–Crippen MR) is 83.8 cm³/mol. The number of benzene rings is 1. The number of halogens is 1. The van der Waals surface area contributed by atoms with E-state index in [4.69, 9.17) is 16.0 Å². The molecular formula is C16H19ClN2O2. The van der Waals surface area contributed by atoms with Crippen LogP contribution in [0.15, 0.2) is 23.1 Å². The molecule has 1 aromatic carbocycles. The number of hydrogen-bond acceptors (Lipinski definition) is 4. The highest BCUT2D eigenvalue weighted by Gasteiger charge is 2.40. The Labute approximate surface area is 129 Å². The Morgan fingerprint density at radius 1 is 1.43 bits per heavy atom. The molecule has 0 unspecified atom stereocenters. The van der Waals surface area contributed by atoms with E-state index in [2.05, 4.69) is 10.3 Å². The van der Waals surface area contributed by atoms with E-state index in [0.29, 0.717) is 10.8 Å². The van der Waals surface area contributed by atoms with E-state index in [0.717, 1.165) is 22.4 Å². The fraction of sp³-hybridized carbons (Fsp3) is 0.438. The molecule has 2 heterocycles. The Balaban J connectivity index is 2.24. The smallest absolute Gasteiger partial charge is 0.181 e. The maximum Gasteiger partial charge on any atom is 0.181 e. The lowest BCUT2D eigenvalue weighted by Crippen LogP contribution is -2.50. The highest BCUT2D eigenvalue weighted by atomic mass is 35.5. The molecule has 0 fully saturated rings. The number of nitrogens with one attached hydrogen (secondary N) is 1. The van der Waals surface area contributed by atoms with Crippen molar-refractivity contribution >= 4 is 17.3 Å². The maximum atomic E-state index is 10.5.